The Morgan fingerprint density at radius 3 is 2.12 bits per heavy atom. The zero-order valence-electron chi connectivity index (χ0n) is 5.61. The first-order chi connectivity index (χ1) is 3.72. The highest BCUT2D eigenvalue weighted by Gasteiger charge is 1.98. The fraction of sp³-hybridized carbons (Fsp3) is 0.833. The predicted molar refractivity (Wildman–Crippen MR) is 46.6 cm³/mol. The average molecular weight is 225 g/mol. The molecule has 0 aromatic heterocycles. The van der Waals surface area contributed by atoms with Gasteiger partial charge in [-0.2, -0.15) is 0 Å². The molecule has 0 spiro atoms. The van der Waals surface area contributed by atoms with Crippen LogP contribution in [0.3, 0.4) is 0 Å². The summed E-state index contributed by atoms with van der Waals surface area (Å²) < 4.78 is 4.09. The van der Waals surface area contributed by atoms with E-state index in [9.17, 15) is 0 Å². The Hall–Kier alpha value is 0.400. The van der Waals surface area contributed by atoms with E-state index < -0.39 is 0 Å². The zero-order chi connectivity index (χ0) is 6.57. The molecule has 0 aromatic carbocycles. The predicted octanol–water partition coefficient (Wildman–Crippen LogP) is 2.84. The molecule has 0 aliphatic heterocycles. The molecule has 2 heteroatoms. The van der Waals surface area contributed by atoms with Crippen LogP contribution in [0.5, 0.6) is 0 Å². The van der Waals surface area contributed by atoms with Gasteiger partial charge in [0.1, 0.15) is 0 Å². The van der Waals surface area contributed by atoms with Crippen molar-refractivity contribution in [3.63, 3.8) is 0 Å². The highest BCUT2D eigenvalue weighted by molar-refractivity contribution is 14.1. The minimum absolute atomic E-state index is 0.622. The van der Waals surface area contributed by atoms with E-state index in [1.165, 1.54) is 5.71 Å². The van der Waals surface area contributed by atoms with E-state index >= 15 is 0 Å². The second kappa shape index (κ2) is 4.30. The van der Waals surface area contributed by atoms with Gasteiger partial charge in [-0.25, -0.2) is 3.21 Å². The standard InChI is InChI=1S/C6H12IN/c1-4-6(8-7)5(2)3/h5H,4H2,1-3H3. The molecule has 0 unspecified atom stereocenters. The van der Waals surface area contributed by atoms with Crippen molar-refractivity contribution in [2.75, 3.05) is 0 Å². The first-order valence-corrected chi connectivity index (χ1v) is 3.86. The zero-order valence-corrected chi connectivity index (χ0v) is 7.77. The number of hydrogen-bond donors (Lipinski definition) is 0. The maximum atomic E-state index is 4.09. The van der Waals surface area contributed by atoms with Crippen molar-refractivity contribution >= 4 is 28.6 Å². The second-order valence-electron chi connectivity index (χ2n) is 2.08. The topological polar surface area (TPSA) is 12.4 Å². The lowest BCUT2D eigenvalue weighted by Gasteiger charge is -2.02. The molecule has 0 heterocycles. The van der Waals surface area contributed by atoms with Gasteiger partial charge in [-0.05, 0) is 12.3 Å². The van der Waals surface area contributed by atoms with Gasteiger partial charge in [-0.15, -0.1) is 0 Å². The molecule has 0 aliphatic carbocycles. The second-order valence-corrected chi connectivity index (χ2v) is 2.57. The van der Waals surface area contributed by atoms with Crippen LogP contribution in [0.2, 0.25) is 0 Å². The van der Waals surface area contributed by atoms with Crippen LogP contribution in [0.1, 0.15) is 27.2 Å². The summed E-state index contributed by atoms with van der Waals surface area (Å²) in [4.78, 5) is 0. The highest BCUT2D eigenvalue weighted by atomic mass is 127. The van der Waals surface area contributed by atoms with Crippen molar-refractivity contribution in [2.24, 2.45) is 9.12 Å². The summed E-state index contributed by atoms with van der Waals surface area (Å²) in [6.45, 7) is 6.47. The number of hydrogen-bond acceptors (Lipinski definition) is 1. The van der Waals surface area contributed by atoms with E-state index in [4.69, 9.17) is 0 Å². The molecule has 0 atom stereocenters. The van der Waals surface area contributed by atoms with Crippen molar-refractivity contribution < 1.29 is 0 Å². The van der Waals surface area contributed by atoms with E-state index in [-0.39, 0.29) is 0 Å². The van der Waals surface area contributed by atoms with Crippen molar-refractivity contribution in [1.82, 2.24) is 0 Å². The first-order valence-electron chi connectivity index (χ1n) is 2.90. The Morgan fingerprint density at radius 2 is 2.12 bits per heavy atom. The molecular formula is C6H12IN. The third-order valence-electron chi connectivity index (χ3n) is 1.14. The van der Waals surface area contributed by atoms with E-state index in [2.05, 4.69) is 46.8 Å². The smallest absolute Gasteiger partial charge is 0.0830 e. The van der Waals surface area contributed by atoms with Gasteiger partial charge in [0.25, 0.3) is 0 Å². The Balaban J connectivity index is 3.72. The molecule has 0 aromatic rings. The van der Waals surface area contributed by atoms with Crippen LogP contribution >= 0.6 is 22.9 Å². The first kappa shape index (κ1) is 8.40. The summed E-state index contributed by atoms with van der Waals surface area (Å²) in [6, 6.07) is 0. The molecule has 0 saturated carbocycles. The lowest BCUT2D eigenvalue weighted by atomic mass is 10.1. The molecule has 48 valence electrons. The number of nitrogens with zero attached hydrogens (tertiary/aromatic N) is 1. The Labute approximate surface area is 65.1 Å². The highest BCUT2D eigenvalue weighted by Crippen LogP contribution is 2.03. The molecule has 0 radical (unpaired) electrons. The van der Waals surface area contributed by atoms with E-state index in [1.807, 2.05) is 0 Å². The van der Waals surface area contributed by atoms with Crippen molar-refractivity contribution in [3.05, 3.63) is 0 Å². The fourth-order valence-electron chi connectivity index (χ4n) is 0.566. The Bertz CT molecular complexity index is 86.5. The van der Waals surface area contributed by atoms with Gasteiger partial charge < -0.3 is 0 Å². The van der Waals surface area contributed by atoms with Crippen molar-refractivity contribution in [3.8, 4) is 0 Å². The Kier molecular flexibility index (Phi) is 4.51. The summed E-state index contributed by atoms with van der Waals surface area (Å²) in [5.41, 5.74) is 1.30. The SMILES string of the molecule is CCC(=NI)C(C)C. The summed E-state index contributed by atoms with van der Waals surface area (Å²) in [6.07, 6.45) is 1.08. The molecular weight excluding hydrogens is 213 g/mol. The average Bonchev–Trinajstić information content (AvgIpc) is 1.69. The fourth-order valence-corrected chi connectivity index (χ4v) is 1.46. The van der Waals surface area contributed by atoms with E-state index in [0.29, 0.717) is 5.92 Å². The van der Waals surface area contributed by atoms with Crippen LogP contribution in [0.15, 0.2) is 3.21 Å². The van der Waals surface area contributed by atoms with Gasteiger partial charge >= 0.3 is 0 Å². The van der Waals surface area contributed by atoms with Crippen LogP contribution in [-0.4, -0.2) is 5.71 Å². The minimum atomic E-state index is 0.622. The minimum Gasteiger partial charge on any atom is -0.224 e. The number of halogens is 1. The van der Waals surface area contributed by atoms with Crippen LogP contribution in [-0.2, 0) is 0 Å². The van der Waals surface area contributed by atoms with Gasteiger partial charge in [-0.3, -0.25) is 0 Å². The summed E-state index contributed by atoms with van der Waals surface area (Å²) >= 11 is 2.05. The summed E-state index contributed by atoms with van der Waals surface area (Å²) in [5.74, 6) is 0.622. The third-order valence-corrected chi connectivity index (χ3v) is 1.76. The molecule has 1 nitrogen and oxygen atoms in total. The molecule has 0 aliphatic rings. The lowest BCUT2D eigenvalue weighted by molar-refractivity contribution is 0.863. The molecule has 0 N–H and O–H groups in total. The van der Waals surface area contributed by atoms with Crippen LogP contribution < -0.4 is 0 Å². The van der Waals surface area contributed by atoms with Crippen LogP contribution in [0.25, 0.3) is 0 Å². The van der Waals surface area contributed by atoms with Gasteiger partial charge in [0, 0.05) is 5.71 Å². The maximum absolute atomic E-state index is 4.09. The van der Waals surface area contributed by atoms with Gasteiger partial charge in [0.15, 0.2) is 0 Å². The Morgan fingerprint density at radius 1 is 1.62 bits per heavy atom. The van der Waals surface area contributed by atoms with Gasteiger partial charge in [0.05, 0.1) is 22.9 Å². The quantitative estimate of drug-likeness (QED) is 0.506. The molecule has 8 heavy (non-hydrogen) atoms. The molecule has 0 fully saturated rings. The van der Waals surface area contributed by atoms with Crippen LogP contribution in [0.4, 0.5) is 0 Å². The van der Waals surface area contributed by atoms with Crippen molar-refractivity contribution in [2.45, 2.75) is 27.2 Å². The summed E-state index contributed by atoms with van der Waals surface area (Å²) in [5, 5.41) is 0. The van der Waals surface area contributed by atoms with Gasteiger partial charge in [-0.1, -0.05) is 20.8 Å². The van der Waals surface area contributed by atoms with E-state index in [0.717, 1.165) is 6.42 Å². The monoisotopic (exact) mass is 225 g/mol. The summed E-state index contributed by atoms with van der Waals surface area (Å²) in [7, 11) is 0. The molecule has 0 bridgehead atoms. The maximum Gasteiger partial charge on any atom is 0.0830 e. The van der Waals surface area contributed by atoms with E-state index in [1.54, 1.807) is 0 Å². The van der Waals surface area contributed by atoms with Gasteiger partial charge in [0.2, 0.25) is 0 Å². The molecule has 0 amide bonds. The van der Waals surface area contributed by atoms with Crippen molar-refractivity contribution in [1.29, 1.82) is 0 Å². The molecule has 0 saturated heterocycles. The third kappa shape index (κ3) is 2.64. The lowest BCUT2D eigenvalue weighted by Crippen LogP contribution is -2.03. The van der Waals surface area contributed by atoms with Crippen LogP contribution in [0, 0.1) is 5.92 Å². The molecule has 0 rings (SSSR count). The normalized spacial score (nSPS) is 12.9. The largest absolute Gasteiger partial charge is 0.224 e. The number of rotatable bonds is 2.